The first-order valence-electron chi connectivity index (χ1n) is 14.0. The van der Waals surface area contributed by atoms with E-state index in [9.17, 15) is 34.9 Å². The van der Waals surface area contributed by atoms with Gasteiger partial charge in [0.15, 0.2) is 6.10 Å². The van der Waals surface area contributed by atoms with E-state index in [0.29, 0.717) is 22.4 Å². The molecule has 4 rings (SSSR count). The molecule has 0 unspecified atom stereocenters. The molecule has 0 aromatic heterocycles. The van der Waals surface area contributed by atoms with Gasteiger partial charge in [0, 0.05) is 0 Å². The molecule has 0 spiro atoms. The van der Waals surface area contributed by atoms with Crippen molar-refractivity contribution in [1.29, 1.82) is 0 Å². The average molecular weight is 637 g/mol. The SMILES string of the molecule is COc1ccc2cc([C@H](C)C(=O)OC[C@H](O[N+](=O)[O-])[C@H](C[C@](C)(C(=O)O)c3ccc4cc(OC)ccc4c3)O[N+](=O)[O-])ccc2c1. The lowest BCUT2D eigenvalue weighted by atomic mass is 9.76. The molecule has 0 radical (unpaired) electrons. The number of carbonyl (C=O) groups is 2. The number of benzene rings is 4. The quantitative estimate of drug-likeness (QED) is 0.102. The minimum absolute atomic E-state index is 0.244. The number of ether oxygens (including phenoxy) is 3. The van der Waals surface area contributed by atoms with E-state index in [1.165, 1.54) is 20.1 Å². The van der Waals surface area contributed by atoms with Gasteiger partial charge >= 0.3 is 11.9 Å². The van der Waals surface area contributed by atoms with Crippen LogP contribution >= 0.6 is 0 Å². The smallest absolute Gasteiger partial charge is 0.313 e. The second-order valence-electron chi connectivity index (χ2n) is 10.8. The van der Waals surface area contributed by atoms with E-state index in [1.54, 1.807) is 68.6 Å². The Morgan fingerprint density at radius 2 is 1.28 bits per heavy atom. The Morgan fingerprint density at radius 3 is 1.83 bits per heavy atom. The van der Waals surface area contributed by atoms with Gasteiger partial charge in [-0.3, -0.25) is 9.59 Å². The molecule has 0 bridgehead atoms. The highest BCUT2D eigenvalue weighted by Crippen LogP contribution is 2.35. The van der Waals surface area contributed by atoms with Gasteiger partial charge in [0.05, 0.1) is 25.6 Å². The summed E-state index contributed by atoms with van der Waals surface area (Å²) in [5, 5.41) is 33.9. The van der Waals surface area contributed by atoms with E-state index in [4.69, 9.17) is 19.0 Å². The van der Waals surface area contributed by atoms with Gasteiger partial charge in [0.25, 0.3) is 10.2 Å². The maximum Gasteiger partial charge on any atom is 0.313 e. The molecule has 4 atom stereocenters. The molecule has 14 heteroatoms. The Kier molecular flexibility index (Phi) is 10.1. The summed E-state index contributed by atoms with van der Waals surface area (Å²) in [5.41, 5.74) is -1.02. The largest absolute Gasteiger partial charge is 0.497 e. The molecule has 0 aliphatic carbocycles. The van der Waals surface area contributed by atoms with Crippen molar-refractivity contribution < 1.29 is 48.8 Å². The van der Waals surface area contributed by atoms with Crippen LogP contribution in [0.4, 0.5) is 0 Å². The number of methoxy groups -OCH3 is 2. The van der Waals surface area contributed by atoms with Crippen molar-refractivity contribution in [3.05, 3.63) is 104 Å². The van der Waals surface area contributed by atoms with Crippen LogP contribution in [-0.4, -0.2) is 60.3 Å². The molecule has 0 saturated heterocycles. The topological polar surface area (TPSA) is 187 Å². The third-order valence-corrected chi connectivity index (χ3v) is 7.94. The highest BCUT2D eigenvalue weighted by molar-refractivity contribution is 5.88. The molecular weight excluding hydrogens is 604 g/mol. The average Bonchev–Trinajstić information content (AvgIpc) is 3.04. The van der Waals surface area contributed by atoms with Crippen molar-refractivity contribution in [3.63, 3.8) is 0 Å². The summed E-state index contributed by atoms with van der Waals surface area (Å²) < 4.78 is 15.8. The summed E-state index contributed by atoms with van der Waals surface area (Å²) >= 11 is 0. The molecule has 0 fully saturated rings. The van der Waals surface area contributed by atoms with Crippen LogP contribution in [0.1, 0.15) is 37.3 Å². The molecule has 14 nitrogen and oxygen atoms in total. The van der Waals surface area contributed by atoms with Crippen LogP contribution in [0.3, 0.4) is 0 Å². The van der Waals surface area contributed by atoms with E-state index in [0.717, 1.165) is 16.2 Å². The lowest BCUT2D eigenvalue weighted by Gasteiger charge is -2.32. The Balaban J connectivity index is 1.58. The first-order valence-corrected chi connectivity index (χ1v) is 14.0. The van der Waals surface area contributed by atoms with Crippen LogP contribution in [0.5, 0.6) is 11.5 Å². The van der Waals surface area contributed by atoms with Gasteiger partial charge in [0.1, 0.15) is 24.2 Å². The minimum Gasteiger partial charge on any atom is -0.497 e. The van der Waals surface area contributed by atoms with Crippen LogP contribution in [0.25, 0.3) is 21.5 Å². The molecule has 242 valence electrons. The lowest BCUT2D eigenvalue weighted by molar-refractivity contribution is -0.799. The van der Waals surface area contributed by atoms with Crippen molar-refractivity contribution in [2.24, 2.45) is 0 Å². The Morgan fingerprint density at radius 1 is 0.783 bits per heavy atom. The first-order chi connectivity index (χ1) is 21.8. The fraction of sp³-hybridized carbons (Fsp3) is 0.312. The van der Waals surface area contributed by atoms with E-state index in [1.807, 2.05) is 12.1 Å². The number of carboxylic acids is 1. The van der Waals surface area contributed by atoms with E-state index in [-0.39, 0.29) is 5.56 Å². The fourth-order valence-electron chi connectivity index (χ4n) is 5.15. The summed E-state index contributed by atoms with van der Waals surface area (Å²) in [6.45, 7) is 2.04. The van der Waals surface area contributed by atoms with Crippen LogP contribution in [-0.2, 0) is 29.4 Å². The molecule has 4 aromatic carbocycles. The molecule has 0 amide bonds. The third kappa shape index (κ3) is 7.52. The Bertz CT molecular complexity index is 1780. The van der Waals surface area contributed by atoms with Gasteiger partial charge in [-0.1, -0.05) is 48.5 Å². The molecule has 0 saturated carbocycles. The highest BCUT2D eigenvalue weighted by atomic mass is 17.0. The lowest BCUT2D eigenvalue weighted by Crippen LogP contribution is -2.45. The summed E-state index contributed by atoms with van der Waals surface area (Å²) in [6, 6.07) is 20.7. The predicted molar refractivity (Wildman–Crippen MR) is 164 cm³/mol. The zero-order valence-corrected chi connectivity index (χ0v) is 25.4. The molecule has 4 aromatic rings. The zero-order valence-electron chi connectivity index (χ0n) is 25.4. The Hall–Kier alpha value is -5.66. The molecule has 0 aliphatic heterocycles. The van der Waals surface area contributed by atoms with Crippen molar-refractivity contribution in [3.8, 4) is 11.5 Å². The summed E-state index contributed by atoms with van der Waals surface area (Å²) in [4.78, 5) is 58.1. The van der Waals surface area contributed by atoms with E-state index in [2.05, 4.69) is 4.84 Å². The van der Waals surface area contributed by atoms with Gasteiger partial charge in [-0.2, -0.15) is 0 Å². The second-order valence-corrected chi connectivity index (χ2v) is 10.8. The van der Waals surface area contributed by atoms with Gasteiger partial charge in [-0.05, 0) is 77.2 Å². The molecule has 0 heterocycles. The standard InChI is InChI=1S/C32H32N2O12/c1-19(20-5-6-23-15-26(42-3)11-8-21(23)13-20)30(35)44-18-29(46-34(40)41)28(45-33(38)39)17-32(2,31(36)37)25-10-7-24-16-27(43-4)12-9-22(24)14-25/h5-16,19,28-29H,17-18H2,1-4H3,(H,36,37)/t19-,28-,29-,32-/m0/s1. The number of rotatable bonds is 15. The zero-order chi connectivity index (χ0) is 33.6. The number of esters is 1. The monoisotopic (exact) mass is 636 g/mol. The van der Waals surface area contributed by atoms with E-state index >= 15 is 0 Å². The number of fused-ring (bicyclic) bond motifs is 2. The number of hydrogen-bond donors (Lipinski definition) is 1. The van der Waals surface area contributed by atoms with Gasteiger partial charge in [-0.25, -0.2) is 0 Å². The summed E-state index contributed by atoms with van der Waals surface area (Å²) in [6.07, 6.45) is -4.32. The molecule has 0 aliphatic rings. The molecule has 46 heavy (non-hydrogen) atoms. The second kappa shape index (κ2) is 14.0. The minimum atomic E-state index is -1.85. The van der Waals surface area contributed by atoms with Crippen LogP contribution < -0.4 is 9.47 Å². The van der Waals surface area contributed by atoms with Crippen molar-refractivity contribution in [1.82, 2.24) is 0 Å². The fourth-order valence-corrected chi connectivity index (χ4v) is 5.15. The molecular formula is C32H32N2O12. The van der Waals surface area contributed by atoms with Crippen LogP contribution in [0, 0.1) is 20.2 Å². The normalized spacial score (nSPS) is 14.3. The predicted octanol–water partition coefficient (Wildman–Crippen LogP) is 5.24. The first kappa shape index (κ1) is 33.2. The van der Waals surface area contributed by atoms with Gasteiger partial charge in [0.2, 0.25) is 0 Å². The van der Waals surface area contributed by atoms with Crippen molar-refractivity contribution >= 4 is 33.5 Å². The van der Waals surface area contributed by atoms with E-state index < -0.39 is 58.7 Å². The maximum absolute atomic E-state index is 13.1. The number of nitrogens with zero attached hydrogens (tertiary/aromatic N) is 2. The molecule has 1 N–H and O–H groups in total. The number of aliphatic carboxylic acids is 1. The van der Waals surface area contributed by atoms with Crippen molar-refractivity contribution in [2.45, 2.75) is 43.8 Å². The summed E-state index contributed by atoms with van der Waals surface area (Å²) in [5.74, 6) is -1.76. The van der Waals surface area contributed by atoms with Gasteiger partial charge in [-0.15, -0.1) is 20.2 Å². The van der Waals surface area contributed by atoms with Crippen LogP contribution in [0.2, 0.25) is 0 Å². The Labute approximate surface area is 262 Å². The highest BCUT2D eigenvalue weighted by Gasteiger charge is 2.43. The summed E-state index contributed by atoms with van der Waals surface area (Å²) in [7, 11) is 3.06. The third-order valence-electron chi connectivity index (χ3n) is 7.94. The van der Waals surface area contributed by atoms with Gasteiger partial charge < -0.3 is 29.0 Å². The van der Waals surface area contributed by atoms with Crippen LogP contribution in [0.15, 0.2) is 72.8 Å². The van der Waals surface area contributed by atoms with Crippen molar-refractivity contribution in [2.75, 3.05) is 20.8 Å². The maximum atomic E-state index is 13.1. The number of carbonyl (C=O) groups excluding carboxylic acids is 1. The number of carboxylic acid groups (broad SMARTS) is 1. The number of hydrogen-bond acceptors (Lipinski definition) is 11.